The Morgan fingerprint density at radius 2 is 1.71 bits per heavy atom. The van der Waals surface area contributed by atoms with Gasteiger partial charge in [-0.3, -0.25) is 0 Å². The van der Waals surface area contributed by atoms with Crippen LogP contribution < -0.4 is 4.90 Å². The molecule has 2 atom stereocenters. The minimum Gasteiger partial charge on any atom is -0.372 e. The first-order valence-corrected chi connectivity index (χ1v) is 5.59. The van der Waals surface area contributed by atoms with Gasteiger partial charge >= 0.3 is 0 Å². The maximum atomic E-state index is 8.74. The standard InChI is InChI=1S/C13H16N2O.CH4/c1-10-8-15(9-11(2)16-10)13-5-3-12(7-14)4-6-13;/h3-6,10-11H,8-9H2,1-2H3;1H4. The number of ether oxygens (including phenoxy) is 1. The van der Waals surface area contributed by atoms with Gasteiger partial charge in [-0.2, -0.15) is 5.26 Å². The highest BCUT2D eigenvalue weighted by molar-refractivity contribution is 5.50. The van der Waals surface area contributed by atoms with E-state index in [1.165, 1.54) is 5.69 Å². The van der Waals surface area contributed by atoms with Crippen LogP contribution in [0.4, 0.5) is 5.69 Å². The minimum atomic E-state index is 0. The molecule has 1 aliphatic rings. The summed E-state index contributed by atoms with van der Waals surface area (Å²) in [7, 11) is 0. The van der Waals surface area contributed by atoms with Crippen molar-refractivity contribution < 1.29 is 4.74 Å². The zero-order valence-electron chi connectivity index (χ0n) is 9.68. The van der Waals surface area contributed by atoms with Crippen LogP contribution in [0.2, 0.25) is 0 Å². The highest BCUT2D eigenvalue weighted by Crippen LogP contribution is 2.20. The van der Waals surface area contributed by atoms with Gasteiger partial charge in [0.05, 0.1) is 23.8 Å². The third-order valence-electron chi connectivity index (χ3n) is 2.78. The SMILES string of the molecule is C.CC1CN(c2ccc(C#N)cc2)CC(C)O1. The van der Waals surface area contributed by atoms with Gasteiger partial charge in [-0.05, 0) is 38.1 Å². The molecular formula is C14H20N2O. The Kier molecular flexibility index (Phi) is 4.53. The van der Waals surface area contributed by atoms with Gasteiger partial charge in [0.1, 0.15) is 0 Å². The Bertz CT molecular complexity index is 384. The number of morpholine rings is 1. The van der Waals surface area contributed by atoms with Crippen molar-refractivity contribution in [2.75, 3.05) is 18.0 Å². The molecule has 17 heavy (non-hydrogen) atoms. The highest BCUT2D eigenvalue weighted by Gasteiger charge is 2.22. The van der Waals surface area contributed by atoms with Gasteiger partial charge in [-0.1, -0.05) is 7.43 Å². The summed E-state index contributed by atoms with van der Waals surface area (Å²) in [5.74, 6) is 0. The summed E-state index contributed by atoms with van der Waals surface area (Å²) < 4.78 is 5.69. The van der Waals surface area contributed by atoms with E-state index in [-0.39, 0.29) is 19.6 Å². The lowest BCUT2D eigenvalue weighted by atomic mass is 10.1. The summed E-state index contributed by atoms with van der Waals surface area (Å²) >= 11 is 0. The van der Waals surface area contributed by atoms with Crippen molar-refractivity contribution in [3.8, 4) is 6.07 Å². The van der Waals surface area contributed by atoms with Gasteiger partial charge in [-0.15, -0.1) is 0 Å². The predicted molar refractivity (Wildman–Crippen MR) is 70.1 cm³/mol. The van der Waals surface area contributed by atoms with E-state index in [2.05, 4.69) is 24.8 Å². The predicted octanol–water partition coefficient (Wildman–Crippen LogP) is 2.81. The molecule has 0 N–H and O–H groups in total. The van der Waals surface area contributed by atoms with Gasteiger partial charge in [0.25, 0.3) is 0 Å². The van der Waals surface area contributed by atoms with Crippen molar-refractivity contribution in [2.24, 2.45) is 0 Å². The van der Waals surface area contributed by atoms with Crippen LogP contribution in [0.15, 0.2) is 24.3 Å². The van der Waals surface area contributed by atoms with Gasteiger partial charge in [0, 0.05) is 18.8 Å². The van der Waals surface area contributed by atoms with E-state index in [0.29, 0.717) is 5.56 Å². The second kappa shape index (κ2) is 5.70. The molecule has 0 saturated carbocycles. The number of hydrogen-bond donors (Lipinski definition) is 0. The minimum absolute atomic E-state index is 0. The Balaban J connectivity index is 0.00000144. The Hall–Kier alpha value is -1.53. The largest absolute Gasteiger partial charge is 0.372 e. The molecule has 0 radical (unpaired) electrons. The molecular weight excluding hydrogens is 212 g/mol. The number of hydrogen-bond acceptors (Lipinski definition) is 3. The molecule has 1 fully saturated rings. The first-order valence-electron chi connectivity index (χ1n) is 5.59. The van der Waals surface area contributed by atoms with Gasteiger partial charge in [-0.25, -0.2) is 0 Å². The molecule has 1 aromatic carbocycles. The summed E-state index contributed by atoms with van der Waals surface area (Å²) in [6, 6.07) is 9.86. The summed E-state index contributed by atoms with van der Waals surface area (Å²) in [6.07, 6.45) is 0.527. The van der Waals surface area contributed by atoms with Gasteiger partial charge in [0.15, 0.2) is 0 Å². The van der Waals surface area contributed by atoms with Gasteiger partial charge < -0.3 is 9.64 Å². The average Bonchev–Trinajstić information content (AvgIpc) is 2.28. The van der Waals surface area contributed by atoms with Crippen LogP contribution in [0.3, 0.4) is 0 Å². The molecule has 0 aliphatic carbocycles. The Morgan fingerprint density at radius 1 is 1.18 bits per heavy atom. The van der Waals surface area contributed by atoms with Gasteiger partial charge in [0.2, 0.25) is 0 Å². The maximum Gasteiger partial charge on any atom is 0.0991 e. The number of rotatable bonds is 1. The maximum absolute atomic E-state index is 8.74. The lowest BCUT2D eigenvalue weighted by Crippen LogP contribution is -2.45. The molecule has 0 bridgehead atoms. The molecule has 3 heteroatoms. The smallest absolute Gasteiger partial charge is 0.0991 e. The fraction of sp³-hybridized carbons (Fsp3) is 0.500. The van der Waals surface area contributed by atoms with Crippen LogP contribution in [0.25, 0.3) is 0 Å². The van der Waals surface area contributed by atoms with Crippen molar-refractivity contribution in [3.05, 3.63) is 29.8 Å². The molecule has 1 aliphatic heterocycles. The molecule has 2 rings (SSSR count). The summed E-state index contributed by atoms with van der Waals surface area (Å²) in [5, 5.41) is 8.74. The summed E-state index contributed by atoms with van der Waals surface area (Å²) in [5.41, 5.74) is 1.87. The van der Waals surface area contributed by atoms with E-state index in [4.69, 9.17) is 10.00 Å². The van der Waals surface area contributed by atoms with Crippen LogP contribution >= 0.6 is 0 Å². The second-order valence-electron chi connectivity index (χ2n) is 4.32. The molecule has 92 valence electrons. The first kappa shape index (κ1) is 13.5. The molecule has 1 saturated heterocycles. The topological polar surface area (TPSA) is 36.3 Å². The third kappa shape index (κ3) is 3.21. The van der Waals surface area contributed by atoms with Crippen LogP contribution in [0.1, 0.15) is 26.8 Å². The number of benzene rings is 1. The zero-order valence-corrected chi connectivity index (χ0v) is 9.68. The van der Waals surface area contributed by atoms with Crippen LogP contribution in [-0.2, 0) is 4.74 Å². The fourth-order valence-corrected chi connectivity index (χ4v) is 2.14. The third-order valence-corrected chi connectivity index (χ3v) is 2.78. The average molecular weight is 232 g/mol. The van der Waals surface area contributed by atoms with Crippen molar-refractivity contribution in [3.63, 3.8) is 0 Å². The van der Waals surface area contributed by atoms with E-state index in [1.54, 1.807) is 0 Å². The molecule has 0 spiro atoms. The van der Waals surface area contributed by atoms with Crippen LogP contribution in [0.5, 0.6) is 0 Å². The fourth-order valence-electron chi connectivity index (χ4n) is 2.14. The zero-order chi connectivity index (χ0) is 11.5. The van der Waals surface area contributed by atoms with E-state index >= 15 is 0 Å². The summed E-state index contributed by atoms with van der Waals surface area (Å²) in [4.78, 5) is 2.31. The quantitative estimate of drug-likeness (QED) is 0.747. The number of nitrogens with zero attached hydrogens (tertiary/aromatic N) is 2. The lowest BCUT2D eigenvalue weighted by Gasteiger charge is -2.36. The summed E-state index contributed by atoms with van der Waals surface area (Å²) in [6.45, 7) is 6.01. The molecule has 0 aromatic heterocycles. The van der Waals surface area contributed by atoms with E-state index in [1.807, 2.05) is 24.3 Å². The van der Waals surface area contributed by atoms with Crippen molar-refractivity contribution in [1.29, 1.82) is 5.26 Å². The second-order valence-corrected chi connectivity index (χ2v) is 4.32. The van der Waals surface area contributed by atoms with E-state index < -0.39 is 0 Å². The highest BCUT2D eigenvalue weighted by atomic mass is 16.5. The Morgan fingerprint density at radius 3 is 2.18 bits per heavy atom. The van der Waals surface area contributed by atoms with Crippen LogP contribution in [0, 0.1) is 11.3 Å². The monoisotopic (exact) mass is 232 g/mol. The Labute approximate surface area is 104 Å². The number of nitriles is 1. The van der Waals surface area contributed by atoms with Crippen molar-refractivity contribution in [1.82, 2.24) is 0 Å². The van der Waals surface area contributed by atoms with E-state index in [0.717, 1.165) is 13.1 Å². The lowest BCUT2D eigenvalue weighted by molar-refractivity contribution is -0.00521. The van der Waals surface area contributed by atoms with E-state index in [9.17, 15) is 0 Å². The van der Waals surface area contributed by atoms with Crippen molar-refractivity contribution >= 4 is 5.69 Å². The van der Waals surface area contributed by atoms with Crippen molar-refractivity contribution in [2.45, 2.75) is 33.5 Å². The number of anilines is 1. The molecule has 1 heterocycles. The first-order chi connectivity index (χ1) is 7.69. The molecule has 3 nitrogen and oxygen atoms in total. The molecule has 0 amide bonds. The molecule has 1 aromatic rings. The molecule has 2 unspecified atom stereocenters. The van der Waals surface area contributed by atoms with Crippen LogP contribution in [-0.4, -0.2) is 25.3 Å². The normalized spacial score (nSPS) is 23.7.